The predicted molar refractivity (Wildman–Crippen MR) is 86.9 cm³/mol. The van der Waals surface area contributed by atoms with Crippen LogP contribution in [0.25, 0.3) is 0 Å². The zero-order valence-electron chi connectivity index (χ0n) is 12.8. The lowest BCUT2D eigenvalue weighted by atomic mass is 10.0. The molecule has 0 fully saturated rings. The minimum Gasteiger partial charge on any atom is -0.321 e. The number of aryl methyl sites for hydroxylation is 1. The summed E-state index contributed by atoms with van der Waals surface area (Å²) in [6.45, 7) is 5.29. The molecule has 3 rings (SSSR count). The van der Waals surface area contributed by atoms with Crippen LogP contribution >= 0.6 is 11.3 Å². The average molecular weight is 319 g/mol. The van der Waals surface area contributed by atoms with Gasteiger partial charge in [0.15, 0.2) is 6.54 Å². The molecule has 0 aliphatic carbocycles. The maximum absolute atomic E-state index is 13.8. The summed E-state index contributed by atoms with van der Waals surface area (Å²) in [6, 6.07) is 7.32. The molecule has 2 N–H and O–H groups in total. The highest BCUT2D eigenvalue weighted by Gasteiger charge is 2.29. The lowest BCUT2D eigenvalue weighted by Crippen LogP contribution is -3.14. The summed E-state index contributed by atoms with van der Waals surface area (Å²) in [6.07, 6.45) is 1.01. The second-order valence-electron chi connectivity index (χ2n) is 5.89. The van der Waals surface area contributed by atoms with Crippen LogP contribution in [-0.4, -0.2) is 19.0 Å². The molecule has 0 saturated carbocycles. The van der Waals surface area contributed by atoms with Crippen molar-refractivity contribution in [2.24, 2.45) is 0 Å². The molecule has 1 aromatic carbocycles. The van der Waals surface area contributed by atoms with E-state index >= 15 is 0 Å². The first-order valence-electron chi connectivity index (χ1n) is 7.51. The molecule has 0 spiro atoms. The quantitative estimate of drug-likeness (QED) is 0.894. The minimum atomic E-state index is -0.379. The molecule has 1 aliphatic heterocycles. The number of nitrogens with one attached hydrogen (secondary N) is 2. The van der Waals surface area contributed by atoms with Crippen molar-refractivity contribution >= 4 is 22.9 Å². The number of halogens is 1. The Balaban J connectivity index is 1.65. The van der Waals surface area contributed by atoms with Crippen molar-refractivity contribution in [3.63, 3.8) is 0 Å². The maximum Gasteiger partial charge on any atom is 0.279 e. The summed E-state index contributed by atoms with van der Waals surface area (Å²) in [5, 5.41) is 4.81. The van der Waals surface area contributed by atoms with Gasteiger partial charge >= 0.3 is 0 Å². The van der Waals surface area contributed by atoms with Crippen molar-refractivity contribution in [1.82, 2.24) is 0 Å². The number of thiophene rings is 1. The smallest absolute Gasteiger partial charge is 0.279 e. The fourth-order valence-electron chi connectivity index (χ4n) is 3.01. The molecule has 0 bridgehead atoms. The van der Waals surface area contributed by atoms with Crippen molar-refractivity contribution in [3.05, 3.63) is 51.5 Å². The van der Waals surface area contributed by atoms with Crippen molar-refractivity contribution in [1.29, 1.82) is 0 Å². The van der Waals surface area contributed by atoms with Crippen LogP contribution in [0.2, 0.25) is 0 Å². The van der Waals surface area contributed by atoms with Crippen molar-refractivity contribution in [3.8, 4) is 0 Å². The number of rotatable bonds is 3. The van der Waals surface area contributed by atoms with Crippen LogP contribution in [0.4, 0.5) is 10.1 Å². The van der Waals surface area contributed by atoms with Gasteiger partial charge in [-0.25, -0.2) is 4.39 Å². The fourth-order valence-corrected chi connectivity index (χ4v) is 3.99. The molecule has 1 unspecified atom stereocenters. The molecule has 5 heteroatoms. The molecule has 0 radical (unpaired) electrons. The van der Waals surface area contributed by atoms with Crippen LogP contribution < -0.4 is 10.2 Å². The lowest BCUT2D eigenvalue weighted by Gasteiger charge is -2.29. The van der Waals surface area contributed by atoms with E-state index in [4.69, 9.17) is 0 Å². The maximum atomic E-state index is 13.8. The number of carbonyl (C=O) groups is 1. The molecule has 0 saturated heterocycles. The number of amides is 1. The molecule has 116 valence electrons. The van der Waals surface area contributed by atoms with Gasteiger partial charge in [-0.05, 0) is 43.0 Å². The molecule has 2 heterocycles. The second kappa shape index (κ2) is 6.18. The highest BCUT2D eigenvalue weighted by Crippen LogP contribution is 2.24. The van der Waals surface area contributed by atoms with E-state index in [1.165, 1.54) is 21.4 Å². The number of carbonyl (C=O) groups excluding carboxylic acids is 1. The van der Waals surface area contributed by atoms with Gasteiger partial charge in [0.2, 0.25) is 0 Å². The number of hydrogen-bond acceptors (Lipinski definition) is 2. The Labute approximate surface area is 133 Å². The third-order valence-electron chi connectivity index (χ3n) is 4.32. The van der Waals surface area contributed by atoms with Gasteiger partial charge in [-0.1, -0.05) is 6.07 Å². The monoisotopic (exact) mass is 319 g/mol. The summed E-state index contributed by atoms with van der Waals surface area (Å²) in [4.78, 5) is 14.9. The first-order valence-corrected chi connectivity index (χ1v) is 8.39. The Morgan fingerprint density at radius 1 is 1.45 bits per heavy atom. The number of hydrogen-bond donors (Lipinski definition) is 2. The topological polar surface area (TPSA) is 33.5 Å². The van der Waals surface area contributed by atoms with E-state index in [9.17, 15) is 9.18 Å². The molecular weight excluding hydrogens is 299 g/mol. The average Bonchev–Trinajstić information content (AvgIpc) is 2.94. The molecule has 1 aliphatic rings. The van der Waals surface area contributed by atoms with Gasteiger partial charge in [0.1, 0.15) is 11.9 Å². The van der Waals surface area contributed by atoms with Crippen LogP contribution in [0, 0.1) is 12.7 Å². The van der Waals surface area contributed by atoms with Crippen molar-refractivity contribution < 1.29 is 14.1 Å². The van der Waals surface area contributed by atoms with Crippen LogP contribution in [0.15, 0.2) is 29.6 Å². The van der Waals surface area contributed by atoms with Crippen LogP contribution in [0.5, 0.6) is 0 Å². The van der Waals surface area contributed by atoms with Crippen LogP contribution in [-0.2, 0) is 11.2 Å². The van der Waals surface area contributed by atoms with Crippen molar-refractivity contribution in [2.75, 3.05) is 18.4 Å². The van der Waals surface area contributed by atoms with E-state index in [1.54, 1.807) is 23.5 Å². The Morgan fingerprint density at radius 2 is 2.27 bits per heavy atom. The number of fused-ring (bicyclic) bond motifs is 1. The normalized spacial score (nSPS) is 20.5. The van der Waals surface area contributed by atoms with E-state index in [-0.39, 0.29) is 17.4 Å². The van der Waals surface area contributed by atoms with Gasteiger partial charge in [0.25, 0.3) is 5.91 Å². The lowest BCUT2D eigenvalue weighted by molar-refractivity contribution is -0.923. The van der Waals surface area contributed by atoms with E-state index in [1.807, 2.05) is 6.92 Å². The molecule has 1 aromatic heterocycles. The van der Waals surface area contributed by atoms with Gasteiger partial charge in [0, 0.05) is 16.9 Å². The standard InChI is InChI=1S/C17H19FN2OS/c1-11-3-4-15(14(18)9-11)19-17(21)10-20-7-5-16-13(12(20)2)6-8-22-16/h3-4,6,8-9,12H,5,7,10H2,1-2H3,(H,19,21)/p+1/t12-/m0/s1. The highest BCUT2D eigenvalue weighted by molar-refractivity contribution is 7.10. The summed E-state index contributed by atoms with van der Waals surface area (Å²) in [5.41, 5.74) is 2.45. The molecule has 1 amide bonds. The zero-order chi connectivity index (χ0) is 15.7. The van der Waals surface area contributed by atoms with Gasteiger partial charge < -0.3 is 10.2 Å². The van der Waals surface area contributed by atoms with E-state index in [0.717, 1.165) is 18.5 Å². The third-order valence-corrected chi connectivity index (χ3v) is 5.31. The third kappa shape index (κ3) is 3.05. The Morgan fingerprint density at radius 3 is 3.05 bits per heavy atom. The molecule has 3 nitrogen and oxygen atoms in total. The van der Waals surface area contributed by atoms with E-state index in [0.29, 0.717) is 12.6 Å². The van der Waals surface area contributed by atoms with Gasteiger partial charge in [-0.3, -0.25) is 4.79 Å². The predicted octanol–water partition coefficient (Wildman–Crippen LogP) is 2.34. The molecule has 2 aromatic rings. The van der Waals surface area contributed by atoms with Gasteiger partial charge in [0.05, 0.1) is 12.2 Å². The van der Waals surface area contributed by atoms with E-state index in [2.05, 4.69) is 23.7 Å². The molecule has 2 atom stereocenters. The fraction of sp³-hybridized carbons (Fsp3) is 0.353. The Bertz CT molecular complexity index is 698. The molecule has 22 heavy (non-hydrogen) atoms. The SMILES string of the molecule is Cc1ccc(NC(=O)C[NH+]2CCc3sccc3[C@@H]2C)c(F)c1. The Kier molecular flexibility index (Phi) is 4.27. The highest BCUT2D eigenvalue weighted by atomic mass is 32.1. The van der Waals surface area contributed by atoms with Gasteiger partial charge in [-0.2, -0.15) is 0 Å². The molecular formula is C17H20FN2OS+. The van der Waals surface area contributed by atoms with Crippen molar-refractivity contribution in [2.45, 2.75) is 26.3 Å². The first-order chi connectivity index (χ1) is 10.5. The first kappa shape index (κ1) is 15.2. The van der Waals surface area contributed by atoms with Gasteiger partial charge in [-0.15, -0.1) is 11.3 Å². The largest absolute Gasteiger partial charge is 0.321 e. The summed E-state index contributed by atoms with van der Waals surface area (Å²) >= 11 is 1.79. The Hall–Kier alpha value is -1.72. The minimum absolute atomic E-state index is 0.136. The van der Waals surface area contributed by atoms with E-state index < -0.39 is 0 Å². The number of benzene rings is 1. The summed E-state index contributed by atoms with van der Waals surface area (Å²) in [5.74, 6) is -0.515. The number of quaternary nitrogens is 1. The number of anilines is 1. The zero-order valence-corrected chi connectivity index (χ0v) is 13.6. The second-order valence-corrected chi connectivity index (χ2v) is 6.89. The summed E-state index contributed by atoms with van der Waals surface area (Å²) < 4.78 is 13.8. The van der Waals surface area contributed by atoms with Crippen LogP contribution in [0.3, 0.4) is 0 Å². The summed E-state index contributed by atoms with van der Waals surface area (Å²) in [7, 11) is 0. The van der Waals surface area contributed by atoms with Crippen LogP contribution in [0.1, 0.15) is 29.0 Å².